The fourth-order valence-electron chi connectivity index (χ4n) is 10.9. The molecule has 9 nitrogen and oxygen atoms in total. The molecule has 6 N–H and O–H groups in total. The van der Waals surface area contributed by atoms with Crippen LogP contribution in [0, 0.1) is 0 Å². The molecule has 0 saturated carbocycles. The van der Waals surface area contributed by atoms with Crippen LogP contribution in [0.4, 0.5) is 0 Å². The topological polar surface area (TPSA) is 149 Å². The number of hydrogen-bond donors (Lipinski definition) is 6. The number of amides is 1. The van der Waals surface area contributed by atoms with E-state index in [0.29, 0.717) is 12.8 Å². The van der Waals surface area contributed by atoms with Crippen LogP contribution in [-0.4, -0.2) is 87.5 Å². The van der Waals surface area contributed by atoms with Crippen LogP contribution >= 0.6 is 0 Å². The quantitative estimate of drug-likeness (QED) is 0.0261. The fourth-order valence-corrected chi connectivity index (χ4v) is 10.9. The van der Waals surface area contributed by atoms with Crippen molar-refractivity contribution in [3.63, 3.8) is 0 Å². The first kappa shape index (κ1) is 70.9. The third-order valence-corrected chi connectivity index (χ3v) is 16.1. The minimum atomic E-state index is -1.55. The average molecular weight is 1050 g/mol. The number of aliphatic hydroxyl groups is 5. The van der Waals surface area contributed by atoms with E-state index in [1.807, 2.05) is 0 Å². The summed E-state index contributed by atoms with van der Waals surface area (Å²) in [6.45, 7) is 3.89. The Labute approximate surface area is 458 Å². The van der Waals surface area contributed by atoms with E-state index in [9.17, 15) is 30.3 Å². The predicted molar refractivity (Wildman–Crippen MR) is 314 cm³/mol. The molecule has 440 valence electrons. The van der Waals surface area contributed by atoms with Crippen molar-refractivity contribution < 1.29 is 39.8 Å². The van der Waals surface area contributed by atoms with Crippen LogP contribution in [0.5, 0.6) is 0 Å². The van der Waals surface area contributed by atoms with E-state index in [2.05, 4.69) is 31.3 Å². The molecule has 1 aliphatic rings. The second-order valence-corrected chi connectivity index (χ2v) is 23.3. The summed E-state index contributed by atoms with van der Waals surface area (Å²) in [4.78, 5) is 13.1. The number of unbranched alkanes of at least 4 members (excludes halogenated alkanes) is 46. The van der Waals surface area contributed by atoms with Gasteiger partial charge in [0.1, 0.15) is 24.4 Å². The highest BCUT2D eigenvalue weighted by atomic mass is 16.7. The van der Waals surface area contributed by atoms with Crippen LogP contribution in [0.1, 0.15) is 341 Å². The van der Waals surface area contributed by atoms with Gasteiger partial charge in [0.25, 0.3) is 0 Å². The van der Waals surface area contributed by atoms with Crippen molar-refractivity contribution in [3.05, 3.63) is 12.2 Å². The maximum Gasteiger partial charge on any atom is 0.220 e. The summed E-state index contributed by atoms with van der Waals surface area (Å²) >= 11 is 0. The van der Waals surface area contributed by atoms with Crippen LogP contribution < -0.4 is 5.32 Å². The summed E-state index contributed by atoms with van der Waals surface area (Å²) in [7, 11) is 0. The van der Waals surface area contributed by atoms with Crippen LogP contribution in [0.15, 0.2) is 12.2 Å². The van der Waals surface area contributed by atoms with Gasteiger partial charge in [0.15, 0.2) is 6.29 Å². The zero-order valence-electron chi connectivity index (χ0n) is 49.1. The number of hydrogen-bond acceptors (Lipinski definition) is 8. The molecule has 74 heavy (non-hydrogen) atoms. The van der Waals surface area contributed by atoms with Crippen molar-refractivity contribution in [2.75, 3.05) is 13.2 Å². The maximum absolute atomic E-state index is 13.1. The molecular weight excluding hydrogens is 923 g/mol. The Kier molecular flexibility index (Phi) is 53.0. The van der Waals surface area contributed by atoms with Crippen molar-refractivity contribution in [1.29, 1.82) is 0 Å². The molecule has 7 unspecified atom stereocenters. The largest absolute Gasteiger partial charge is 0.394 e. The Bertz CT molecular complexity index is 1170. The molecule has 0 spiro atoms. The van der Waals surface area contributed by atoms with Crippen LogP contribution in [0.25, 0.3) is 0 Å². The zero-order valence-corrected chi connectivity index (χ0v) is 49.1. The monoisotopic (exact) mass is 1050 g/mol. The summed E-state index contributed by atoms with van der Waals surface area (Å²) in [5.41, 5.74) is 0. The van der Waals surface area contributed by atoms with E-state index in [0.717, 1.165) is 38.5 Å². The van der Waals surface area contributed by atoms with Crippen LogP contribution in [0.3, 0.4) is 0 Å². The Morgan fingerprint density at radius 3 is 1.09 bits per heavy atom. The van der Waals surface area contributed by atoms with Crippen molar-refractivity contribution in [1.82, 2.24) is 5.32 Å². The molecule has 1 rings (SSSR count). The Hall–Kier alpha value is -1.07. The Morgan fingerprint density at radius 2 is 0.757 bits per heavy atom. The lowest BCUT2D eigenvalue weighted by Crippen LogP contribution is -2.60. The Balaban J connectivity index is 2.12. The van der Waals surface area contributed by atoms with Gasteiger partial charge in [-0.1, -0.05) is 309 Å². The summed E-state index contributed by atoms with van der Waals surface area (Å²) in [6.07, 6.45) is 62.6. The van der Waals surface area contributed by atoms with Crippen molar-refractivity contribution >= 4 is 5.91 Å². The summed E-state index contributed by atoms with van der Waals surface area (Å²) < 4.78 is 11.4. The molecular formula is C65H127NO8. The summed E-state index contributed by atoms with van der Waals surface area (Å²) in [5, 5.41) is 54.8. The third-order valence-electron chi connectivity index (χ3n) is 16.1. The van der Waals surface area contributed by atoms with E-state index in [4.69, 9.17) is 9.47 Å². The number of allylic oxidation sites excluding steroid dienone is 2. The van der Waals surface area contributed by atoms with Gasteiger partial charge in [-0.3, -0.25) is 4.79 Å². The van der Waals surface area contributed by atoms with Gasteiger partial charge in [0.2, 0.25) is 5.91 Å². The van der Waals surface area contributed by atoms with E-state index in [1.54, 1.807) is 0 Å². The molecule has 7 atom stereocenters. The highest BCUT2D eigenvalue weighted by Gasteiger charge is 2.44. The average Bonchev–Trinajstić information content (AvgIpc) is 3.40. The first-order valence-corrected chi connectivity index (χ1v) is 32.9. The molecule has 0 aromatic heterocycles. The molecule has 1 heterocycles. The van der Waals surface area contributed by atoms with Crippen molar-refractivity contribution in [2.45, 2.75) is 384 Å². The number of nitrogens with one attached hydrogen (secondary N) is 1. The zero-order chi connectivity index (χ0) is 53.6. The molecule has 1 saturated heterocycles. The highest BCUT2D eigenvalue weighted by molar-refractivity contribution is 5.76. The molecule has 0 aromatic carbocycles. The smallest absolute Gasteiger partial charge is 0.220 e. The van der Waals surface area contributed by atoms with Gasteiger partial charge in [0, 0.05) is 6.42 Å². The van der Waals surface area contributed by atoms with E-state index in [1.165, 1.54) is 276 Å². The molecule has 1 fully saturated rings. The molecule has 0 bridgehead atoms. The fraction of sp³-hybridized carbons (Fsp3) is 0.954. The molecule has 1 aliphatic heterocycles. The number of rotatable bonds is 58. The number of aliphatic hydroxyl groups excluding tert-OH is 5. The SMILES string of the molecule is CCCCCCCCCCCCCC/C=C\CCCCCCCCCCCCCCCCC(=O)NC(COC1OC(CO)C(O)C(O)C1O)C(O)CCCCCCCCCCCCCCCCCCCCCCC. The second kappa shape index (κ2) is 55.3. The lowest BCUT2D eigenvalue weighted by atomic mass is 9.99. The van der Waals surface area contributed by atoms with Gasteiger partial charge in [-0.15, -0.1) is 0 Å². The number of carbonyl (C=O) groups is 1. The van der Waals surface area contributed by atoms with Gasteiger partial charge >= 0.3 is 0 Å². The van der Waals surface area contributed by atoms with E-state index < -0.39 is 49.5 Å². The molecule has 0 radical (unpaired) electrons. The van der Waals surface area contributed by atoms with Gasteiger partial charge in [-0.25, -0.2) is 0 Å². The summed E-state index contributed by atoms with van der Waals surface area (Å²) in [6, 6.07) is -0.717. The van der Waals surface area contributed by atoms with Crippen LogP contribution in [-0.2, 0) is 14.3 Å². The van der Waals surface area contributed by atoms with Crippen molar-refractivity contribution in [3.8, 4) is 0 Å². The standard InChI is InChI=1S/C65H127NO8/c1-3-5-7-9-11-13-15-17-19-21-23-25-26-27-28-29-30-31-32-33-35-37-39-41-43-45-47-49-51-53-55-61(69)66-58(57-73-65-64(72)63(71)62(70)60(56-67)74-65)59(68)54-52-50-48-46-44-42-40-38-36-34-24-22-20-18-16-14-12-10-8-6-4-2/h27-28,58-60,62-65,67-68,70-72H,3-26,29-57H2,1-2H3,(H,66,69)/b28-27-. The van der Waals surface area contributed by atoms with Gasteiger partial charge < -0.3 is 40.3 Å². The lowest BCUT2D eigenvalue weighted by Gasteiger charge is -2.40. The number of ether oxygens (including phenoxy) is 2. The molecule has 1 amide bonds. The van der Waals surface area contributed by atoms with Gasteiger partial charge in [-0.05, 0) is 38.5 Å². The minimum Gasteiger partial charge on any atom is -0.394 e. The van der Waals surface area contributed by atoms with Gasteiger partial charge in [0.05, 0.1) is 25.4 Å². The normalized spacial score (nSPS) is 18.9. The summed E-state index contributed by atoms with van der Waals surface area (Å²) in [5.74, 6) is -0.137. The molecule has 9 heteroatoms. The first-order chi connectivity index (χ1) is 36.3. The van der Waals surface area contributed by atoms with Crippen LogP contribution in [0.2, 0.25) is 0 Å². The molecule has 0 aliphatic carbocycles. The van der Waals surface area contributed by atoms with E-state index in [-0.39, 0.29) is 12.5 Å². The van der Waals surface area contributed by atoms with Gasteiger partial charge in [-0.2, -0.15) is 0 Å². The van der Waals surface area contributed by atoms with Crippen molar-refractivity contribution in [2.24, 2.45) is 0 Å². The highest BCUT2D eigenvalue weighted by Crippen LogP contribution is 2.24. The maximum atomic E-state index is 13.1. The molecule has 0 aromatic rings. The lowest BCUT2D eigenvalue weighted by molar-refractivity contribution is -0.302. The second-order valence-electron chi connectivity index (χ2n) is 23.3. The van der Waals surface area contributed by atoms with E-state index >= 15 is 0 Å². The third kappa shape index (κ3) is 43.9. The first-order valence-electron chi connectivity index (χ1n) is 32.9. The minimum absolute atomic E-state index is 0.133. The Morgan fingerprint density at radius 1 is 0.446 bits per heavy atom. The number of carbonyl (C=O) groups excluding carboxylic acids is 1. The predicted octanol–water partition coefficient (Wildman–Crippen LogP) is 17.1.